The van der Waals surface area contributed by atoms with Gasteiger partial charge in [-0.1, -0.05) is 22.0 Å². The van der Waals surface area contributed by atoms with E-state index in [-0.39, 0.29) is 12.1 Å². The first kappa shape index (κ1) is 6.40. The van der Waals surface area contributed by atoms with Gasteiger partial charge in [-0.25, -0.2) is 0 Å². The van der Waals surface area contributed by atoms with Crippen molar-refractivity contribution in [3.05, 3.63) is 12.2 Å². The number of alkyl halides is 1. The van der Waals surface area contributed by atoms with Crippen LogP contribution in [0.5, 0.6) is 0 Å². The Morgan fingerprint density at radius 3 is 3.10 bits per heavy atom. The SMILES string of the molecule is O=C1CC2C(Br)C=CC2O1. The molecule has 0 N–H and O–H groups in total. The van der Waals surface area contributed by atoms with E-state index in [0.717, 1.165) is 0 Å². The summed E-state index contributed by atoms with van der Waals surface area (Å²) in [6, 6.07) is 0. The highest BCUT2D eigenvalue weighted by Gasteiger charge is 2.40. The zero-order chi connectivity index (χ0) is 7.14. The Balaban J connectivity index is 2.19. The second kappa shape index (κ2) is 2.09. The predicted molar refractivity (Wildman–Crippen MR) is 39.8 cm³/mol. The van der Waals surface area contributed by atoms with Crippen LogP contribution in [0, 0.1) is 5.92 Å². The van der Waals surface area contributed by atoms with E-state index in [1.165, 1.54) is 0 Å². The number of esters is 1. The fraction of sp³-hybridized carbons (Fsp3) is 0.571. The molecule has 0 radical (unpaired) electrons. The summed E-state index contributed by atoms with van der Waals surface area (Å²) in [6.07, 6.45) is 4.61. The molecule has 2 aliphatic rings. The van der Waals surface area contributed by atoms with Crippen LogP contribution in [0.1, 0.15) is 6.42 Å². The Labute approximate surface area is 67.4 Å². The molecule has 3 heteroatoms. The van der Waals surface area contributed by atoms with Gasteiger partial charge in [0.15, 0.2) is 0 Å². The number of ether oxygens (including phenoxy) is 1. The van der Waals surface area contributed by atoms with Gasteiger partial charge < -0.3 is 4.74 Å². The number of carbonyl (C=O) groups excluding carboxylic acids is 1. The van der Waals surface area contributed by atoms with Gasteiger partial charge in [0.25, 0.3) is 0 Å². The van der Waals surface area contributed by atoms with Crippen LogP contribution in [0.2, 0.25) is 0 Å². The second-order valence-corrected chi connectivity index (χ2v) is 3.71. The molecular formula is C7H7BrO2. The minimum atomic E-state index is -0.0659. The summed E-state index contributed by atoms with van der Waals surface area (Å²) >= 11 is 3.45. The summed E-state index contributed by atoms with van der Waals surface area (Å²) in [7, 11) is 0. The van der Waals surface area contributed by atoms with E-state index in [1.54, 1.807) is 0 Å². The van der Waals surface area contributed by atoms with Gasteiger partial charge >= 0.3 is 5.97 Å². The average molecular weight is 203 g/mol. The molecule has 0 spiro atoms. The Bertz CT molecular complexity index is 200. The number of halogens is 1. The van der Waals surface area contributed by atoms with Crippen molar-refractivity contribution < 1.29 is 9.53 Å². The molecule has 0 aromatic rings. The van der Waals surface area contributed by atoms with Gasteiger partial charge in [-0.2, -0.15) is 0 Å². The van der Waals surface area contributed by atoms with Crippen LogP contribution in [0.3, 0.4) is 0 Å². The van der Waals surface area contributed by atoms with Gasteiger partial charge in [-0.15, -0.1) is 0 Å². The molecule has 54 valence electrons. The van der Waals surface area contributed by atoms with Crippen molar-refractivity contribution in [2.24, 2.45) is 5.92 Å². The first-order valence-corrected chi connectivity index (χ1v) is 4.21. The van der Waals surface area contributed by atoms with Crippen molar-refractivity contribution in [2.75, 3.05) is 0 Å². The standard InChI is InChI=1S/C7H7BrO2/c8-5-1-2-6-4(5)3-7(9)10-6/h1-2,4-6H,3H2. The number of carbonyl (C=O) groups is 1. The van der Waals surface area contributed by atoms with E-state index in [4.69, 9.17) is 4.74 Å². The van der Waals surface area contributed by atoms with Crippen LogP contribution in [-0.2, 0) is 9.53 Å². The number of hydrogen-bond donors (Lipinski definition) is 0. The molecule has 1 aliphatic heterocycles. The maximum absolute atomic E-state index is 10.7. The molecule has 0 aromatic heterocycles. The van der Waals surface area contributed by atoms with Crippen molar-refractivity contribution in [2.45, 2.75) is 17.4 Å². The summed E-state index contributed by atoms with van der Waals surface area (Å²) in [5.74, 6) is 0.288. The van der Waals surface area contributed by atoms with Crippen LogP contribution in [0.15, 0.2) is 12.2 Å². The van der Waals surface area contributed by atoms with E-state index >= 15 is 0 Å². The topological polar surface area (TPSA) is 26.3 Å². The molecule has 3 unspecified atom stereocenters. The molecule has 1 heterocycles. The molecule has 0 bridgehead atoms. The van der Waals surface area contributed by atoms with Crippen LogP contribution >= 0.6 is 15.9 Å². The molecule has 1 aliphatic carbocycles. The lowest BCUT2D eigenvalue weighted by atomic mass is 10.0. The summed E-state index contributed by atoms with van der Waals surface area (Å²) in [4.78, 5) is 11.1. The number of fused-ring (bicyclic) bond motifs is 1. The van der Waals surface area contributed by atoms with Gasteiger partial charge in [-0.3, -0.25) is 4.79 Å². The average Bonchev–Trinajstić information content (AvgIpc) is 2.35. The van der Waals surface area contributed by atoms with E-state index in [1.807, 2.05) is 12.2 Å². The fourth-order valence-electron chi connectivity index (χ4n) is 1.43. The second-order valence-electron chi connectivity index (χ2n) is 2.65. The minimum absolute atomic E-state index is 0.0527. The Morgan fingerprint density at radius 1 is 1.60 bits per heavy atom. The van der Waals surface area contributed by atoms with E-state index in [9.17, 15) is 4.79 Å². The van der Waals surface area contributed by atoms with E-state index in [0.29, 0.717) is 17.2 Å². The molecule has 2 nitrogen and oxygen atoms in total. The highest BCUT2D eigenvalue weighted by atomic mass is 79.9. The summed E-state index contributed by atoms with van der Waals surface area (Å²) < 4.78 is 5.00. The normalized spacial score (nSPS) is 43.7. The van der Waals surface area contributed by atoms with Crippen LogP contribution < -0.4 is 0 Å². The van der Waals surface area contributed by atoms with Gasteiger partial charge in [0.2, 0.25) is 0 Å². The van der Waals surface area contributed by atoms with Crippen LogP contribution in [0.25, 0.3) is 0 Å². The largest absolute Gasteiger partial charge is 0.458 e. The first-order chi connectivity index (χ1) is 4.77. The maximum atomic E-state index is 10.7. The quantitative estimate of drug-likeness (QED) is 0.336. The molecule has 0 amide bonds. The first-order valence-electron chi connectivity index (χ1n) is 3.29. The van der Waals surface area contributed by atoms with Crippen molar-refractivity contribution in [3.63, 3.8) is 0 Å². The zero-order valence-corrected chi connectivity index (χ0v) is 6.87. The molecule has 0 saturated carbocycles. The van der Waals surface area contributed by atoms with Crippen LogP contribution in [0.4, 0.5) is 0 Å². The van der Waals surface area contributed by atoms with Crippen LogP contribution in [-0.4, -0.2) is 16.9 Å². The number of allylic oxidation sites excluding steroid dienone is 1. The highest BCUT2D eigenvalue weighted by molar-refractivity contribution is 9.09. The zero-order valence-electron chi connectivity index (χ0n) is 5.29. The fourth-order valence-corrected chi connectivity index (χ4v) is 2.09. The number of rotatable bonds is 0. The van der Waals surface area contributed by atoms with Gasteiger partial charge in [0.05, 0.1) is 6.42 Å². The Morgan fingerprint density at radius 2 is 2.40 bits per heavy atom. The van der Waals surface area contributed by atoms with E-state index < -0.39 is 0 Å². The van der Waals surface area contributed by atoms with Crippen molar-refractivity contribution in [3.8, 4) is 0 Å². The summed E-state index contributed by atoms with van der Waals surface area (Å²) in [5, 5.41) is 0. The molecule has 1 saturated heterocycles. The maximum Gasteiger partial charge on any atom is 0.306 e. The lowest BCUT2D eigenvalue weighted by molar-refractivity contribution is -0.140. The van der Waals surface area contributed by atoms with Gasteiger partial charge in [0.1, 0.15) is 6.10 Å². The monoisotopic (exact) mass is 202 g/mol. The predicted octanol–water partition coefficient (Wildman–Crippen LogP) is 1.25. The molecule has 10 heavy (non-hydrogen) atoms. The summed E-state index contributed by atoms with van der Waals surface area (Å²) in [5.41, 5.74) is 0. The van der Waals surface area contributed by atoms with Crippen molar-refractivity contribution >= 4 is 21.9 Å². The third-order valence-corrected chi connectivity index (χ3v) is 2.97. The molecule has 2 rings (SSSR count). The lowest BCUT2D eigenvalue weighted by Gasteiger charge is -2.07. The third kappa shape index (κ3) is 0.804. The molecule has 1 fully saturated rings. The number of hydrogen-bond acceptors (Lipinski definition) is 2. The van der Waals surface area contributed by atoms with E-state index in [2.05, 4.69) is 15.9 Å². The Hall–Kier alpha value is -0.310. The molecule has 0 aromatic carbocycles. The molecule has 3 atom stereocenters. The van der Waals surface area contributed by atoms with Crippen molar-refractivity contribution in [1.82, 2.24) is 0 Å². The Kier molecular flexibility index (Phi) is 1.34. The van der Waals surface area contributed by atoms with Gasteiger partial charge in [0, 0.05) is 10.7 Å². The highest BCUT2D eigenvalue weighted by Crippen LogP contribution is 2.35. The minimum Gasteiger partial charge on any atom is -0.458 e. The van der Waals surface area contributed by atoms with Crippen molar-refractivity contribution in [1.29, 1.82) is 0 Å². The lowest BCUT2D eigenvalue weighted by Crippen LogP contribution is -2.13. The third-order valence-electron chi connectivity index (χ3n) is 1.99. The molecular weight excluding hydrogens is 196 g/mol. The van der Waals surface area contributed by atoms with Gasteiger partial charge in [-0.05, 0) is 6.08 Å². The smallest absolute Gasteiger partial charge is 0.306 e. The summed E-state index contributed by atoms with van der Waals surface area (Å²) in [6.45, 7) is 0.